The van der Waals surface area contributed by atoms with Crippen LogP contribution in [0.3, 0.4) is 0 Å². The van der Waals surface area contributed by atoms with Crippen LogP contribution in [0.2, 0.25) is 0 Å². The van der Waals surface area contributed by atoms with Crippen molar-refractivity contribution in [3.05, 3.63) is 48.0 Å². The van der Waals surface area contributed by atoms with Crippen LogP contribution >= 0.6 is 0 Å². The van der Waals surface area contributed by atoms with E-state index in [0.29, 0.717) is 17.3 Å². The van der Waals surface area contributed by atoms with E-state index in [9.17, 15) is 4.79 Å². The molecule has 2 heterocycles. The number of nitrogens with zero attached hydrogens (tertiary/aromatic N) is 3. The summed E-state index contributed by atoms with van der Waals surface area (Å²) in [6.45, 7) is 4.03. The highest BCUT2D eigenvalue weighted by Gasteiger charge is 2.30. The number of imidazole rings is 1. The smallest absolute Gasteiger partial charge is 0.274 e. The third-order valence-corrected chi connectivity index (χ3v) is 4.96. The van der Waals surface area contributed by atoms with Crippen LogP contribution in [-0.2, 0) is 0 Å². The number of hydrogen-bond donors (Lipinski definition) is 1. The first-order valence-electron chi connectivity index (χ1n) is 8.87. The fourth-order valence-electron chi connectivity index (χ4n) is 3.20. The number of fused-ring (bicyclic) bond motifs is 1. The molecule has 1 unspecified atom stereocenters. The number of aryl methyl sites for hydroxylation is 1. The van der Waals surface area contributed by atoms with Crippen molar-refractivity contribution in [1.82, 2.24) is 19.7 Å². The van der Waals surface area contributed by atoms with Gasteiger partial charge in [0.25, 0.3) is 5.91 Å². The van der Waals surface area contributed by atoms with E-state index in [0.717, 1.165) is 22.7 Å². The molecule has 0 radical (unpaired) electrons. The van der Waals surface area contributed by atoms with Gasteiger partial charge in [-0.3, -0.25) is 9.20 Å². The van der Waals surface area contributed by atoms with E-state index in [1.807, 2.05) is 48.6 Å². The zero-order valence-electron chi connectivity index (χ0n) is 15.2. The average Bonchev–Trinajstić information content (AvgIpc) is 3.41. The highest BCUT2D eigenvalue weighted by atomic mass is 16.5. The van der Waals surface area contributed by atoms with Gasteiger partial charge in [0, 0.05) is 17.3 Å². The molecule has 1 atom stereocenters. The van der Waals surface area contributed by atoms with Gasteiger partial charge in [-0.15, -0.1) is 0 Å². The second-order valence-electron chi connectivity index (χ2n) is 6.90. The Labute approximate surface area is 152 Å². The molecule has 4 rings (SSSR count). The number of nitrogens with one attached hydrogen (secondary N) is 1. The van der Waals surface area contributed by atoms with Gasteiger partial charge in [0.2, 0.25) is 0 Å². The van der Waals surface area contributed by atoms with E-state index >= 15 is 0 Å². The van der Waals surface area contributed by atoms with Gasteiger partial charge in [0.1, 0.15) is 12.1 Å². The lowest BCUT2D eigenvalue weighted by atomic mass is 10.1. The number of rotatable bonds is 5. The van der Waals surface area contributed by atoms with Crippen molar-refractivity contribution in [3.8, 4) is 17.0 Å². The Hall–Kier alpha value is -2.89. The predicted molar refractivity (Wildman–Crippen MR) is 99.4 cm³/mol. The van der Waals surface area contributed by atoms with Crippen molar-refractivity contribution in [1.29, 1.82) is 0 Å². The minimum atomic E-state index is -0.165. The fraction of sp³-hybridized carbons (Fsp3) is 0.350. The van der Waals surface area contributed by atoms with Crippen LogP contribution in [0.5, 0.6) is 5.75 Å². The minimum Gasteiger partial charge on any atom is -0.497 e. The highest BCUT2D eigenvalue weighted by molar-refractivity contribution is 5.98. The number of hydrogen-bond acceptors (Lipinski definition) is 4. The largest absolute Gasteiger partial charge is 0.497 e. The molecular formula is C20H22N4O2. The maximum Gasteiger partial charge on any atom is 0.274 e. The molecule has 1 aliphatic rings. The summed E-state index contributed by atoms with van der Waals surface area (Å²) in [6, 6.07) is 9.89. The van der Waals surface area contributed by atoms with Gasteiger partial charge in [-0.2, -0.15) is 0 Å². The topological polar surface area (TPSA) is 68.5 Å². The number of aromatic nitrogens is 3. The second kappa shape index (κ2) is 6.44. The van der Waals surface area contributed by atoms with Crippen molar-refractivity contribution < 1.29 is 9.53 Å². The molecule has 1 aliphatic carbocycles. The maximum atomic E-state index is 12.7. The van der Waals surface area contributed by atoms with Crippen molar-refractivity contribution in [3.63, 3.8) is 0 Å². The van der Waals surface area contributed by atoms with Crippen molar-refractivity contribution >= 4 is 11.6 Å². The summed E-state index contributed by atoms with van der Waals surface area (Å²) < 4.78 is 7.15. The van der Waals surface area contributed by atoms with E-state index in [4.69, 9.17) is 9.72 Å². The normalized spacial score (nSPS) is 15.0. The Morgan fingerprint density at radius 1 is 1.35 bits per heavy atom. The molecule has 1 fully saturated rings. The van der Waals surface area contributed by atoms with E-state index in [2.05, 4.69) is 10.3 Å². The third kappa shape index (κ3) is 3.03. The van der Waals surface area contributed by atoms with E-state index in [-0.39, 0.29) is 11.9 Å². The number of ether oxygens (including phenoxy) is 1. The zero-order chi connectivity index (χ0) is 18.3. The molecule has 1 saturated carbocycles. The average molecular weight is 350 g/mol. The van der Waals surface area contributed by atoms with Crippen molar-refractivity contribution in [2.75, 3.05) is 7.11 Å². The summed E-state index contributed by atoms with van der Waals surface area (Å²) in [5.41, 5.74) is 3.64. The molecule has 2 aromatic heterocycles. The van der Waals surface area contributed by atoms with Gasteiger partial charge < -0.3 is 10.1 Å². The molecule has 6 heteroatoms. The van der Waals surface area contributed by atoms with Crippen molar-refractivity contribution in [2.24, 2.45) is 5.92 Å². The quantitative estimate of drug-likeness (QED) is 0.767. The molecular weight excluding hydrogens is 328 g/mol. The Bertz CT molecular complexity index is 975. The Balaban J connectivity index is 1.73. The molecule has 134 valence electrons. The molecule has 1 aromatic carbocycles. The number of benzene rings is 1. The Morgan fingerprint density at radius 2 is 2.15 bits per heavy atom. The van der Waals surface area contributed by atoms with Crippen LogP contribution in [0, 0.1) is 12.8 Å². The molecule has 0 saturated heterocycles. The standard InChI is InChI=1S/C20H22N4O2/c1-12-9-17(15-5-4-6-16(10-15)26-3)23-19-18(21-11-24(12)19)20(25)22-13(2)14-7-8-14/h4-6,9-11,13-14H,7-8H2,1-3H3,(H,22,25). The van der Waals surface area contributed by atoms with E-state index in [1.54, 1.807) is 13.4 Å². The molecule has 3 aromatic rings. The lowest BCUT2D eigenvalue weighted by molar-refractivity contribution is 0.0933. The Kier molecular flexibility index (Phi) is 4.11. The summed E-state index contributed by atoms with van der Waals surface area (Å²) in [7, 11) is 1.64. The first kappa shape index (κ1) is 16.6. The minimum absolute atomic E-state index is 0.165. The Morgan fingerprint density at radius 3 is 2.88 bits per heavy atom. The molecule has 0 bridgehead atoms. The van der Waals surface area contributed by atoms with Crippen LogP contribution in [0.25, 0.3) is 16.9 Å². The molecule has 0 aliphatic heterocycles. The van der Waals surface area contributed by atoms with Crippen LogP contribution in [0.15, 0.2) is 36.7 Å². The zero-order valence-corrected chi connectivity index (χ0v) is 15.2. The van der Waals surface area contributed by atoms with Gasteiger partial charge in [-0.25, -0.2) is 9.97 Å². The maximum absolute atomic E-state index is 12.7. The summed E-state index contributed by atoms with van der Waals surface area (Å²) >= 11 is 0. The molecule has 0 spiro atoms. The number of methoxy groups -OCH3 is 1. The monoisotopic (exact) mass is 350 g/mol. The lowest BCUT2D eigenvalue weighted by Crippen LogP contribution is -2.34. The van der Waals surface area contributed by atoms with E-state index in [1.165, 1.54) is 12.8 Å². The molecule has 1 amide bonds. The van der Waals surface area contributed by atoms with E-state index < -0.39 is 0 Å². The summed E-state index contributed by atoms with van der Waals surface area (Å²) in [6.07, 6.45) is 4.02. The van der Waals surface area contributed by atoms with Crippen molar-refractivity contribution in [2.45, 2.75) is 32.7 Å². The predicted octanol–water partition coefficient (Wildman–Crippen LogP) is 3.24. The van der Waals surface area contributed by atoms with Crippen LogP contribution in [0.4, 0.5) is 0 Å². The number of carbonyl (C=O) groups is 1. The molecule has 26 heavy (non-hydrogen) atoms. The first-order valence-corrected chi connectivity index (χ1v) is 8.87. The summed E-state index contributed by atoms with van der Waals surface area (Å²) in [5, 5.41) is 3.06. The van der Waals surface area contributed by atoms with Gasteiger partial charge >= 0.3 is 0 Å². The van der Waals surface area contributed by atoms with Crippen LogP contribution in [-0.4, -0.2) is 33.4 Å². The molecule has 1 N–H and O–H groups in total. The molecule has 6 nitrogen and oxygen atoms in total. The highest BCUT2D eigenvalue weighted by Crippen LogP contribution is 2.32. The fourth-order valence-corrected chi connectivity index (χ4v) is 3.20. The number of carbonyl (C=O) groups excluding carboxylic acids is 1. The van der Waals surface area contributed by atoms with Crippen LogP contribution < -0.4 is 10.1 Å². The summed E-state index contributed by atoms with van der Waals surface area (Å²) in [4.78, 5) is 21.7. The second-order valence-corrected chi connectivity index (χ2v) is 6.90. The first-order chi connectivity index (χ1) is 12.6. The van der Waals surface area contributed by atoms with Gasteiger partial charge in [-0.05, 0) is 50.8 Å². The lowest BCUT2D eigenvalue weighted by Gasteiger charge is -2.12. The van der Waals surface area contributed by atoms with Gasteiger partial charge in [0.15, 0.2) is 11.3 Å². The summed E-state index contributed by atoms with van der Waals surface area (Å²) in [5.74, 6) is 1.20. The number of amides is 1. The van der Waals surface area contributed by atoms with Crippen LogP contribution in [0.1, 0.15) is 35.9 Å². The third-order valence-electron chi connectivity index (χ3n) is 4.96. The van der Waals surface area contributed by atoms with Gasteiger partial charge in [-0.1, -0.05) is 12.1 Å². The van der Waals surface area contributed by atoms with Gasteiger partial charge in [0.05, 0.1) is 12.8 Å². The SMILES string of the molecule is COc1cccc(-c2cc(C)n3cnc(C(=O)NC(C)C4CC4)c3n2)c1.